The fourth-order valence-corrected chi connectivity index (χ4v) is 5.19. The van der Waals surface area contributed by atoms with Gasteiger partial charge in [-0.25, -0.2) is 4.39 Å². The van der Waals surface area contributed by atoms with Gasteiger partial charge in [0, 0.05) is 25.3 Å². The van der Waals surface area contributed by atoms with Gasteiger partial charge in [0.1, 0.15) is 11.4 Å². The van der Waals surface area contributed by atoms with Gasteiger partial charge >= 0.3 is 0 Å². The highest BCUT2D eigenvalue weighted by atomic mass is 19.1. The quantitative estimate of drug-likeness (QED) is 0.544. The molecule has 1 saturated heterocycles. The maximum absolute atomic E-state index is 13.6. The number of piperidine rings is 1. The Morgan fingerprint density at radius 3 is 2.38 bits per heavy atom. The summed E-state index contributed by atoms with van der Waals surface area (Å²) in [6.07, 6.45) is 6.79. The Balaban J connectivity index is 1.43. The van der Waals surface area contributed by atoms with E-state index in [-0.39, 0.29) is 5.82 Å². The Labute approximate surface area is 189 Å². The van der Waals surface area contributed by atoms with Crippen LogP contribution in [0.5, 0.6) is 0 Å². The second-order valence-corrected chi connectivity index (χ2v) is 9.34. The van der Waals surface area contributed by atoms with Crippen molar-refractivity contribution < 1.29 is 9.50 Å². The molecule has 2 aromatic carbocycles. The number of aryl methyl sites for hydroxylation is 1. The molecule has 4 heteroatoms. The van der Waals surface area contributed by atoms with E-state index in [0.29, 0.717) is 12.8 Å². The molecule has 1 fully saturated rings. The maximum atomic E-state index is 13.6. The summed E-state index contributed by atoms with van der Waals surface area (Å²) >= 11 is 0. The molecule has 0 atom stereocenters. The highest BCUT2D eigenvalue weighted by molar-refractivity contribution is 5.69. The lowest BCUT2D eigenvalue weighted by Crippen LogP contribution is -2.42. The third kappa shape index (κ3) is 4.48. The molecule has 166 valence electrons. The number of aromatic nitrogens is 1. The lowest BCUT2D eigenvalue weighted by molar-refractivity contribution is -0.0312. The Kier molecular flexibility index (Phi) is 6.07. The number of hydrogen-bond acceptors (Lipinski definition) is 3. The van der Waals surface area contributed by atoms with Gasteiger partial charge in [-0.3, -0.25) is 9.88 Å². The van der Waals surface area contributed by atoms with Crippen LogP contribution in [0.4, 0.5) is 4.39 Å². The number of hydrogen-bond donors (Lipinski definition) is 1. The predicted molar refractivity (Wildman–Crippen MR) is 126 cm³/mol. The topological polar surface area (TPSA) is 36.4 Å². The highest BCUT2D eigenvalue weighted by Gasteiger charge is 2.36. The maximum Gasteiger partial charge on any atom is 0.123 e. The van der Waals surface area contributed by atoms with E-state index < -0.39 is 5.60 Å². The van der Waals surface area contributed by atoms with E-state index in [1.54, 1.807) is 0 Å². The number of rotatable bonds is 4. The second-order valence-electron chi connectivity index (χ2n) is 9.34. The van der Waals surface area contributed by atoms with Crippen molar-refractivity contribution in [1.82, 2.24) is 9.88 Å². The van der Waals surface area contributed by atoms with E-state index >= 15 is 0 Å². The van der Waals surface area contributed by atoms with Crippen molar-refractivity contribution in [3.63, 3.8) is 0 Å². The summed E-state index contributed by atoms with van der Waals surface area (Å²) < 4.78 is 13.6. The van der Waals surface area contributed by atoms with Crippen LogP contribution in [-0.2, 0) is 25.0 Å². The third-order valence-electron chi connectivity index (χ3n) is 7.11. The van der Waals surface area contributed by atoms with Crippen molar-refractivity contribution in [2.24, 2.45) is 0 Å². The molecule has 0 amide bonds. The van der Waals surface area contributed by atoms with Crippen molar-refractivity contribution in [3.05, 3.63) is 89.0 Å². The normalized spacial score (nSPS) is 18.7. The smallest absolute Gasteiger partial charge is 0.123 e. The number of nitrogens with zero attached hydrogens (tertiary/aromatic N) is 2. The fraction of sp³-hybridized carbons (Fsp3) is 0.393. The SMILES string of the molecule is OC1(c2cc(-c3ccc(F)cc3)c3c(n2)CCCCC3)CCN(Cc2ccccc2)CC1. The first-order valence-corrected chi connectivity index (χ1v) is 11.9. The molecule has 0 bridgehead atoms. The monoisotopic (exact) mass is 430 g/mol. The zero-order valence-electron chi connectivity index (χ0n) is 18.6. The minimum atomic E-state index is -0.913. The predicted octanol–water partition coefficient (Wildman–Crippen LogP) is 5.64. The van der Waals surface area contributed by atoms with Crippen LogP contribution in [0.3, 0.4) is 0 Å². The zero-order chi connectivity index (χ0) is 22.0. The van der Waals surface area contributed by atoms with Crippen molar-refractivity contribution >= 4 is 0 Å². The van der Waals surface area contributed by atoms with Gasteiger partial charge < -0.3 is 5.11 Å². The minimum Gasteiger partial charge on any atom is -0.383 e. The molecular weight excluding hydrogens is 399 g/mol. The summed E-state index contributed by atoms with van der Waals surface area (Å²) in [4.78, 5) is 7.45. The molecule has 3 nitrogen and oxygen atoms in total. The lowest BCUT2D eigenvalue weighted by Gasteiger charge is -2.38. The van der Waals surface area contributed by atoms with Gasteiger partial charge in [0.2, 0.25) is 0 Å². The zero-order valence-corrected chi connectivity index (χ0v) is 18.6. The van der Waals surface area contributed by atoms with Crippen LogP contribution in [0.1, 0.15) is 54.6 Å². The van der Waals surface area contributed by atoms with Gasteiger partial charge in [-0.15, -0.1) is 0 Å². The number of aliphatic hydroxyl groups is 1. The van der Waals surface area contributed by atoms with Crippen molar-refractivity contribution in [1.29, 1.82) is 0 Å². The molecule has 2 heterocycles. The van der Waals surface area contributed by atoms with E-state index in [9.17, 15) is 9.50 Å². The van der Waals surface area contributed by atoms with Gasteiger partial charge in [0.05, 0.1) is 5.69 Å². The van der Waals surface area contributed by atoms with Crippen LogP contribution in [0.2, 0.25) is 0 Å². The standard InChI is InChI=1S/C28H31FN2O/c29-23-13-11-22(12-14-23)25-19-27(30-26-10-6-2-5-9-24(25)26)28(32)15-17-31(18-16-28)20-21-7-3-1-4-8-21/h1,3-4,7-8,11-14,19,32H,2,5-6,9-10,15-18,20H2. The van der Waals surface area contributed by atoms with Gasteiger partial charge in [0.25, 0.3) is 0 Å². The van der Waals surface area contributed by atoms with E-state index in [1.807, 2.05) is 18.2 Å². The van der Waals surface area contributed by atoms with Crippen LogP contribution >= 0.6 is 0 Å². The fourth-order valence-electron chi connectivity index (χ4n) is 5.19. The average Bonchev–Trinajstić information content (AvgIpc) is 3.07. The Morgan fingerprint density at radius 2 is 1.62 bits per heavy atom. The van der Waals surface area contributed by atoms with Crippen LogP contribution < -0.4 is 0 Å². The van der Waals surface area contributed by atoms with Crippen molar-refractivity contribution in [3.8, 4) is 11.1 Å². The molecular formula is C28H31FN2O. The number of likely N-dealkylation sites (tertiary alicyclic amines) is 1. The van der Waals surface area contributed by atoms with E-state index in [1.165, 1.54) is 29.7 Å². The molecule has 2 aliphatic rings. The van der Waals surface area contributed by atoms with Crippen LogP contribution in [-0.4, -0.2) is 28.1 Å². The van der Waals surface area contributed by atoms with Crippen LogP contribution in [0.15, 0.2) is 60.7 Å². The summed E-state index contributed by atoms with van der Waals surface area (Å²) in [6, 6.07) is 19.3. The summed E-state index contributed by atoms with van der Waals surface area (Å²) in [7, 11) is 0. The average molecular weight is 431 g/mol. The molecule has 0 radical (unpaired) electrons. The van der Waals surface area contributed by atoms with Gasteiger partial charge in [-0.1, -0.05) is 48.9 Å². The molecule has 0 saturated carbocycles. The lowest BCUT2D eigenvalue weighted by atomic mass is 9.84. The molecule has 5 rings (SSSR count). The molecule has 1 N–H and O–H groups in total. The Bertz CT molecular complexity index is 1060. The van der Waals surface area contributed by atoms with Gasteiger partial charge in [-0.2, -0.15) is 0 Å². The third-order valence-corrected chi connectivity index (χ3v) is 7.11. The van der Waals surface area contributed by atoms with E-state index in [0.717, 1.165) is 67.8 Å². The Morgan fingerprint density at radius 1 is 0.906 bits per heavy atom. The van der Waals surface area contributed by atoms with Gasteiger partial charge in [0.15, 0.2) is 0 Å². The molecule has 3 aromatic rings. The van der Waals surface area contributed by atoms with Crippen molar-refractivity contribution in [2.45, 2.75) is 57.1 Å². The summed E-state index contributed by atoms with van der Waals surface area (Å²) in [6.45, 7) is 2.60. The minimum absolute atomic E-state index is 0.224. The second kappa shape index (κ2) is 9.13. The number of benzene rings is 2. The van der Waals surface area contributed by atoms with Crippen LogP contribution in [0, 0.1) is 5.82 Å². The van der Waals surface area contributed by atoms with E-state index in [4.69, 9.17) is 4.98 Å². The molecule has 32 heavy (non-hydrogen) atoms. The van der Waals surface area contributed by atoms with Crippen molar-refractivity contribution in [2.75, 3.05) is 13.1 Å². The summed E-state index contributed by atoms with van der Waals surface area (Å²) in [5.74, 6) is -0.224. The number of fused-ring (bicyclic) bond motifs is 1. The molecule has 1 aromatic heterocycles. The first-order valence-electron chi connectivity index (χ1n) is 11.9. The largest absolute Gasteiger partial charge is 0.383 e. The van der Waals surface area contributed by atoms with Crippen LogP contribution in [0.25, 0.3) is 11.1 Å². The van der Waals surface area contributed by atoms with E-state index in [2.05, 4.69) is 35.2 Å². The number of halogens is 1. The molecule has 1 aliphatic carbocycles. The first kappa shape index (κ1) is 21.3. The molecule has 1 aliphatic heterocycles. The van der Waals surface area contributed by atoms with Gasteiger partial charge in [-0.05, 0) is 79.0 Å². The summed E-state index contributed by atoms with van der Waals surface area (Å²) in [5, 5.41) is 11.7. The first-order chi connectivity index (χ1) is 15.6. The highest BCUT2D eigenvalue weighted by Crippen LogP contribution is 2.38. The number of pyridine rings is 1. The Hall–Kier alpha value is -2.56. The molecule has 0 spiro atoms. The summed E-state index contributed by atoms with van der Waals surface area (Å²) in [5.41, 5.74) is 5.72. The molecule has 0 unspecified atom stereocenters.